The van der Waals surface area contributed by atoms with Gasteiger partial charge in [-0.2, -0.15) is 0 Å². The minimum Gasteiger partial charge on any atom is -0.324 e. The lowest BCUT2D eigenvalue weighted by Crippen LogP contribution is -2.42. The second-order valence-corrected chi connectivity index (χ2v) is 9.48. The van der Waals surface area contributed by atoms with E-state index in [2.05, 4.69) is 26.1 Å². The van der Waals surface area contributed by atoms with Gasteiger partial charge >= 0.3 is 6.03 Å². The number of hydrogen-bond donors (Lipinski definition) is 3. The van der Waals surface area contributed by atoms with Gasteiger partial charge in [0.2, 0.25) is 5.91 Å². The number of amides is 5. The summed E-state index contributed by atoms with van der Waals surface area (Å²) < 4.78 is 0. The van der Waals surface area contributed by atoms with Crippen LogP contribution in [0.1, 0.15) is 54.0 Å². The van der Waals surface area contributed by atoms with Crippen molar-refractivity contribution in [3.05, 3.63) is 52.8 Å². The molecule has 1 fully saturated rings. The van der Waals surface area contributed by atoms with Crippen LogP contribution in [0.4, 0.5) is 4.79 Å². The summed E-state index contributed by atoms with van der Waals surface area (Å²) in [4.78, 5) is 58.2. The minimum atomic E-state index is -0.936. The van der Waals surface area contributed by atoms with Crippen LogP contribution in [0.3, 0.4) is 0 Å². The van der Waals surface area contributed by atoms with Crippen LogP contribution in [0, 0.1) is 13.8 Å². The van der Waals surface area contributed by atoms with E-state index in [0.717, 1.165) is 21.9 Å². The van der Waals surface area contributed by atoms with Gasteiger partial charge in [-0.25, -0.2) is 14.8 Å². The quantitative estimate of drug-likeness (QED) is 0.226. The Balaban J connectivity index is 1.40. The number of carbonyl (C=O) groups is 4. The van der Waals surface area contributed by atoms with E-state index < -0.39 is 23.4 Å². The molecule has 0 spiro atoms. The van der Waals surface area contributed by atoms with E-state index in [1.807, 2.05) is 32.0 Å². The zero-order valence-electron chi connectivity index (χ0n) is 19.6. The van der Waals surface area contributed by atoms with Crippen molar-refractivity contribution in [1.29, 1.82) is 0 Å². The van der Waals surface area contributed by atoms with Gasteiger partial charge < -0.3 is 5.32 Å². The molecule has 1 aromatic carbocycles. The third-order valence-corrected chi connectivity index (χ3v) is 6.01. The first-order chi connectivity index (χ1) is 16.0. The second kappa shape index (κ2) is 10.6. The van der Waals surface area contributed by atoms with E-state index in [-0.39, 0.29) is 25.3 Å². The lowest BCUT2D eigenvalue weighted by molar-refractivity contribution is -0.130. The molecule has 1 aliphatic heterocycles. The first-order valence-electron chi connectivity index (χ1n) is 10.8. The van der Waals surface area contributed by atoms with Crippen LogP contribution in [0.5, 0.6) is 0 Å². The molecule has 0 saturated carbocycles. The van der Waals surface area contributed by atoms with Gasteiger partial charge in [0.15, 0.2) is 5.16 Å². The Bertz CT molecular complexity index is 1080. The maximum absolute atomic E-state index is 12.3. The Morgan fingerprint density at radius 2 is 1.71 bits per heavy atom. The highest BCUT2D eigenvalue weighted by atomic mass is 32.2. The van der Waals surface area contributed by atoms with E-state index in [1.165, 1.54) is 11.8 Å². The summed E-state index contributed by atoms with van der Waals surface area (Å²) in [5, 5.41) is 3.29. The number of thioether (sulfide) groups is 1. The number of urea groups is 1. The van der Waals surface area contributed by atoms with Crippen LogP contribution in [0.2, 0.25) is 0 Å². The Morgan fingerprint density at radius 3 is 2.29 bits per heavy atom. The molecule has 3 N–H and O–H groups in total. The highest BCUT2D eigenvalue weighted by Gasteiger charge is 2.43. The molecule has 0 bridgehead atoms. The van der Waals surface area contributed by atoms with Gasteiger partial charge in [-0.3, -0.25) is 30.1 Å². The van der Waals surface area contributed by atoms with Gasteiger partial charge in [0, 0.05) is 35.7 Å². The maximum atomic E-state index is 12.3. The number of aromatic nitrogens is 2. The molecule has 2 aromatic rings. The highest BCUT2D eigenvalue weighted by Crippen LogP contribution is 2.20. The summed E-state index contributed by atoms with van der Waals surface area (Å²) >= 11 is 1.52. The van der Waals surface area contributed by atoms with Crippen molar-refractivity contribution in [2.75, 3.05) is 6.54 Å². The fraction of sp³-hybridized carbons (Fsp3) is 0.391. The van der Waals surface area contributed by atoms with Gasteiger partial charge in [0.1, 0.15) is 5.54 Å². The number of hydrogen-bond acceptors (Lipinski definition) is 7. The smallest absolute Gasteiger partial charge is 0.324 e. The molecule has 10 nitrogen and oxygen atoms in total. The zero-order valence-corrected chi connectivity index (χ0v) is 20.4. The largest absolute Gasteiger partial charge is 0.325 e. The topological polar surface area (TPSA) is 133 Å². The van der Waals surface area contributed by atoms with Gasteiger partial charge in [-0.05, 0) is 57.9 Å². The Labute approximate surface area is 202 Å². The second-order valence-electron chi connectivity index (χ2n) is 8.54. The fourth-order valence-electron chi connectivity index (χ4n) is 3.34. The third-order valence-electron chi connectivity index (χ3n) is 5.09. The molecule has 2 heterocycles. The van der Waals surface area contributed by atoms with Crippen molar-refractivity contribution >= 4 is 35.5 Å². The molecule has 1 aromatic heterocycles. The van der Waals surface area contributed by atoms with Crippen LogP contribution < -0.4 is 16.2 Å². The summed E-state index contributed by atoms with van der Waals surface area (Å²) in [6.07, 6.45) is 0.335. The highest BCUT2D eigenvalue weighted by molar-refractivity contribution is 7.98. The van der Waals surface area contributed by atoms with Crippen molar-refractivity contribution in [1.82, 2.24) is 31.0 Å². The average Bonchev–Trinajstić information content (AvgIpc) is 2.97. The maximum Gasteiger partial charge on any atom is 0.325 e. The van der Waals surface area contributed by atoms with Gasteiger partial charge in [-0.15, -0.1) is 0 Å². The minimum absolute atomic E-state index is 0.0500. The Hall–Kier alpha value is -3.47. The van der Waals surface area contributed by atoms with Crippen molar-refractivity contribution < 1.29 is 19.2 Å². The summed E-state index contributed by atoms with van der Waals surface area (Å²) in [6, 6.07) is 8.49. The molecular weight excluding hydrogens is 456 g/mol. The number of nitrogens with one attached hydrogen (secondary N) is 3. The molecular formula is C23H28N6O4S. The zero-order chi connectivity index (χ0) is 24.9. The van der Waals surface area contributed by atoms with Crippen molar-refractivity contribution in [3.8, 4) is 0 Å². The molecule has 11 heteroatoms. The standard InChI is InChI=1S/C23H28N6O4S/c1-14-12-15(2)25-21(24-14)34-13-16-7-9-17(10-8-16)19(31)28-27-18(30)6-5-11-29-20(32)23(3,4)26-22(29)33/h7-10,12H,5-6,11,13H2,1-4H3,(H,26,33)(H,27,30)(H,28,31). The molecule has 1 aliphatic rings. The fourth-order valence-corrected chi connectivity index (χ4v) is 4.24. The van der Waals surface area contributed by atoms with Crippen molar-refractivity contribution in [2.24, 2.45) is 0 Å². The number of carbonyl (C=O) groups excluding carboxylic acids is 4. The monoisotopic (exact) mass is 484 g/mol. The SMILES string of the molecule is Cc1cc(C)nc(SCc2ccc(C(=O)NNC(=O)CCCN3C(=O)NC(C)(C)C3=O)cc2)n1. The van der Waals surface area contributed by atoms with E-state index in [9.17, 15) is 19.2 Å². The van der Waals surface area contributed by atoms with Gasteiger partial charge in [0.25, 0.3) is 11.8 Å². The van der Waals surface area contributed by atoms with E-state index >= 15 is 0 Å². The Morgan fingerprint density at radius 1 is 1.06 bits per heavy atom. The molecule has 1 saturated heterocycles. The van der Waals surface area contributed by atoms with E-state index in [1.54, 1.807) is 26.0 Å². The predicted octanol–water partition coefficient (Wildman–Crippen LogP) is 2.26. The van der Waals surface area contributed by atoms with Crippen LogP contribution >= 0.6 is 11.8 Å². The first kappa shape index (κ1) is 25.2. The van der Waals surface area contributed by atoms with Crippen LogP contribution in [0.15, 0.2) is 35.5 Å². The van der Waals surface area contributed by atoms with Crippen LogP contribution in [-0.2, 0) is 15.3 Å². The van der Waals surface area contributed by atoms with Gasteiger partial charge in [0.05, 0.1) is 0 Å². The molecule has 180 valence electrons. The summed E-state index contributed by atoms with van der Waals surface area (Å²) in [5.41, 5.74) is 7.04. The average molecular weight is 485 g/mol. The molecule has 0 aliphatic carbocycles. The van der Waals surface area contributed by atoms with E-state index in [0.29, 0.717) is 16.5 Å². The molecule has 34 heavy (non-hydrogen) atoms. The third kappa shape index (κ3) is 6.53. The number of imide groups is 1. The first-order valence-corrected chi connectivity index (χ1v) is 11.8. The molecule has 5 amide bonds. The summed E-state index contributed by atoms with van der Waals surface area (Å²) in [5.74, 6) is -0.521. The van der Waals surface area contributed by atoms with Crippen molar-refractivity contribution in [3.63, 3.8) is 0 Å². The van der Waals surface area contributed by atoms with Gasteiger partial charge in [-0.1, -0.05) is 23.9 Å². The van der Waals surface area contributed by atoms with Crippen molar-refractivity contribution in [2.45, 2.75) is 57.0 Å². The number of benzene rings is 1. The number of hydrazine groups is 1. The number of nitrogens with zero attached hydrogens (tertiary/aromatic N) is 3. The van der Waals surface area contributed by atoms with Crippen LogP contribution in [0.25, 0.3) is 0 Å². The lowest BCUT2D eigenvalue weighted by Gasteiger charge is -2.15. The summed E-state index contributed by atoms with van der Waals surface area (Å²) in [6.45, 7) is 7.24. The molecule has 3 rings (SSSR count). The molecule has 0 radical (unpaired) electrons. The van der Waals surface area contributed by atoms with E-state index in [4.69, 9.17) is 0 Å². The molecule has 0 atom stereocenters. The number of rotatable bonds is 8. The Kier molecular flexibility index (Phi) is 7.87. The lowest BCUT2D eigenvalue weighted by atomic mass is 10.1. The predicted molar refractivity (Wildman–Crippen MR) is 127 cm³/mol. The normalized spacial score (nSPS) is 14.6. The number of aryl methyl sites for hydroxylation is 2. The van der Waals surface area contributed by atoms with Crippen LogP contribution in [-0.4, -0.2) is 50.7 Å². The molecule has 0 unspecified atom stereocenters. The summed E-state index contributed by atoms with van der Waals surface area (Å²) in [7, 11) is 0.